The fraction of sp³-hybridized carbons (Fsp3) is 0.471. The van der Waals surface area contributed by atoms with Crippen molar-refractivity contribution in [1.82, 2.24) is 14.5 Å². The molecule has 1 N–H and O–H groups in total. The molecule has 1 atom stereocenters. The van der Waals surface area contributed by atoms with Gasteiger partial charge in [-0.2, -0.15) is 0 Å². The first-order valence-corrected chi connectivity index (χ1v) is 8.22. The quantitative estimate of drug-likeness (QED) is 0.941. The zero-order valence-corrected chi connectivity index (χ0v) is 13.0. The number of hydrogen-bond acceptors (Lipinski definition) is 4. The van der Waals surface area contributed by atoms with Crippen molar-refractivity contribution in [2.75, 3.05) is 18.0 Å². The summed E-state index contributed by atoms with van der Waals surface area (Å²) in [6.45, 7) is 1.76. The lowest BCUT2D eigenvalue weighted by Gasteiger charge is -2.21. The lowest BCUT2D eigenvalue weighted by atomic mass is 10.0. The van der Waals surface area contributed by atoms with Gasteiger partial charge in [-0.05, 0) is 44.2 Å². The van der Waals surface area contributed by atoms with Crippen LogP contribution >= 0.6 is 0 Å². The Morgan fingerprint density at radius 3 is 3.00 bits per heavy atom. The summed E-state index contributed by atoms with van der Waals surface area (Å²) in [7, 11) is 0. The number of pyridine rings is 1. The van der Waals surface area contributed by atoms with Crippen LogP contribution in [0.15, 0.2) is 24.5 Å². The number of carboxylic acid groups (broad SMARTS) is 1. The molecule has 1 saturated heterocycles. The van der Waals surface area contributed by atoms with Crippen LogP contribution in [-0.4, -0.2) is 38.7 Å². The maximum Gasteiger partial charge on any atom is 0.354 e. The predicted octanol–water partition coefficient (Wildman–Crippen LogP) is 2.31. The van der Waals surface area contributed by atoms with Gasteiger partial charge in [0.2, 0.25) is 0 Å². The molecule has 0 aromatic carbocycles. The van der Waals surface area contributed by atoms with Crippen molar-refractivity contribution >= 4 is 11.8 Å². The van der Waals surface area contributed by atoms with Crippen LogP contribution in [0.2, 0.25) is 0 Å². The Morgan fingerprint density at radius 2 is 2.13 bits per heavy atom. The Hall–Kier alpha value is -2.37. The van der Waals surface area contributed by atoms with Crippen LogP contribution in [0.5, 0.6) is 0 Å². The van der Waals surface area contributed by atoms with Crippen molar-refractivity contribution in [3.05, 3.63) is 41.6 Å². The summed E-state index contributed by atoms with van der Waals surface area (Å²) >= 11 is 0. The second-order valence-corrected chi connectivity index (χ2v) is 6.33. The van der Waals surface area contributed by atoms with Crippen molar-refractivity contribution in [2.45, 2.75) is 38.1 Å². The Bertz CT molecular complexity index is 740. The average Bonchev–Trinajstić information content (AvgIpc) is 3.21. The van der Waals surface area contributed by atoms with Gasteiger partial charge >= 0.3 is 5.97 Å². The summed E-state index contributed by atoms with van der Waals surface area (Å²) < 4.78 is 2.34. The normalized spacial score (nSPS) is 20.5. The molecule has 6 heteroatoms. The Balaban J connectivity index is 1.54. The second-order valence-electron chi connectivity index (χ2n) is 6.33. The van der Waals surface area contributed by atoms with E-state index in [0.717, 1.165) is 38.2 Å². The predicted molar refractivity (Wildman–Crippen MR) is 85.9 cm³/mol. The first kappa shape index (κ1) is 14.2. The highest BCUT2D eigenvalue weighted by Gasteiger charge is 2.28. The van der Waals surface area contributed by atoms with Gasteiger partial charge < -0.3 is 14.6 Å². The van der Waals surface area contributed by atoms with E-state index in [2.05, 4.69) is 19.4 Å². The molecular formula is C17H20N4O2. The Labute approximate surface area is 134 Å². The number of nitrogens with zero attached hydrogens (tertiary/aromatic N) is 4. The summed E-state index contributed by atoms with van der Waals surface area (Å²) in [6.07, 6.45) is 7.75. The Kier molecular flexibility index (Phi) is 3.52. The number of imidazole rings is 1. The van der Waals surface area contributed by atoms with Crippen LogP contribution in [0, 0.1) is 0 Å². The van der Waals surface area contributed by atoms with Gasteiger partial charge in [-0.25, -0.2) is 14.8 Å². The highest BCUT2D eigenvalue weighted by atomic mass is 16.4. The molecule has 23 heavy (non-hydrogen) atoms. The zero-order valence-electron chi connectivity index (χ0n) is 13.0. The molecule has 0 saturated carbocycles. The number of hydrogen-bond donors (Lipinski definition) is 1. The maximum atomic E-state index is 11.1. The van der Waals surface area contributed by atoms with Gasteiger partial charge in [-0.1, -0.05) is 6.07 Å². The van der Waals surface area contributed by atoms with E-state index in [9.17, 15) is 4.79 Å². The summed E-state index contributed by atoms with van der Waals surface area (Å²) in [6, 6.07) is 5.59. The number of fused-ring (bicyclic) bond motifs is 1. The van der Waals surface area contributed by atoms with Gasteiger partial charge in [-0.15, -0.1) is 0 Å². The highest BCUT2D eigenvalue weighted by Crippen LogP contribution is 2.30. The van der Waals surface area contributed by atoms with E-state index in [1.54, 1.807) is 6.07 Å². The largest absolute Gasteiger partial charge is 0.477 e. The fourth-order valence-corrected chi connectivity index (χ4v) is 3.70. The molecule has 0 spiro atoms. The molecule has 3 heterocycles. The third-order valence-corrected chi connectivity index (χ3v) is 4.89. The number of aryl methyl sites for hydroxylation is 1. The van der Waals surface area contributed by atoms with Gasteiger partial charge in [0.15, 0.2) is 5.69 Å². The minimum atomic E-state index is -0.980. The van der Waals surface area contributed by atoms with Gasteiger partial charge in [0, 0.05) is 18.8 Å². The summed E-state index contributed by atoms with van der Waals surface area (Å²) in [5, 5.41) is 9.09. The maximum absolute atomic E-state index is 11.1. The number of anilines is 1. The molecule has 2 aromatic rings. The zero-order chi connectivity index (χ0) is 15.8. The smallest absolute Gasteiger partial charge is 0.354 e. The van der Waals surface area contributed by atoms with Gasteiger partial charge in [-0.3, -0.25) is 0 Å². The molecule has 1 aliphatic carbocycles. The van der Waals surface area contributed by atoms with E-state index >= 15 is 0 Å². The Morgan fingerprint density at radius 1 is 1.26 bits per heavy atom. The number of carbonyl (C=O) groups is 1. The van der Waals surface area contributed by atoms with E-state index in [1.165, 1.54) is 30.3 Å². The molecule has 0 bridgehead atoms. The van der Waals surface area contributed by atoms with Crippen LogP contribution in [0.4, 0.5) is 5.82 Å². The molecule has 2 aliphatic rings. The highest BCUT2D eigenvalue weighted by molar-refractivity contribution is 5.85. The standard InChI is InChI=1S/C17H20N4O2/c22-17(23)14-5-3-7-16(19-14)20-9-8-12(10-20)21-11-18-13-4-1-2-6-15(13)21/h3,5,7,11-12H,1-2,4,6,8-10H2,(H,22,23). The van der Waals surface area contributed by atoms with Crippen LogP contribution in [0.1, 0.15) is 47.2 Å². The molecule has 0 amide bonds. The third kappa shape index (κ3) is 2.58. The van der Waals surface area contributed by atoms with Gasteiger partial charge in [0.05, 0.1) is 18.1 Å². The van der Waals surface area contributed by atoms with Crippen LogP contribution in [0.3, 0.4) is 0 Å². The number of carboxylic acids is 1. The number of aromatic nitrogens is 3. The lowest BCUT2D eigenvalue weighted by molar-refractivity contribution is 0.0690. The van der Waals surface area contributed by atoms with Crippen LogP contribution < -0.4 is 4.90 Å². The van der Waals surface area contributed by atoms with Crippen molar-refractivity contribution < 1.29 is 9.90 Å². The summed E-state index contributed by atoms with van der Waals surface area (Å²) in [5.74, 6) is -0.229. The fourth-order valence-electron chi connectivity index (χ4n) is 3.70. The first-order valence-electron chi connectivity index (χ1n) is 8.22. The molecule has 1 fully saturated rings. The topological polar surface area (TPSA) is 71.2 Å². The van der Waals surface area contributed by atoms with E-state index in [1.807, 2.05) is 12.4 Å². The van der Waals surface area contributed by atoms with Crippen LogP contribution in [-0.2, 0) is 12.8 Å². The summed E-state index contributed by atoms with van der Waals surface area (Å²) in [5.41, 5.74) is 2.77. The average molecular weight is 312 g/mol. The monoisotopic (exact) mass is 312 g/mol. The molecular weight excluding hydrogens is 292 g/mol. The van der Waals surface area contributed by atoms with Crippen molar-refractivity contribution in [3.63, 3.8) is 0 Å². The second kappa shape index (κ2) is 5.68. The molecule has 4 rings (SSSR count). The lowest BCUT2D eigenvalue weighted by Crippen LogP contribution is -2.23. The van der Waals surface area contributed by atoms with Gasteiger partial charge in [0.1, 0.15) is 5.82 Å². The van der Waals surface area contributed by atoms with E-state index in [4.69, 9.17) is 5.11 Å². The van der Waals surface area contributed by atoms with E-state index in [-0.39, 0.29) is 5.69 Å². The third-order valence-electron chi connectivity index (χ3n) is 4.89. The van der Waals surface area contributed by atoms with E-state index in [0.29, 0.717) is 6.04 Å². The number of aromatic carboxylic acids is 1. The SMILES string of the molecule is O=C(O)c1cccc(N2CCC(n3cnc4c3CCCC4)C2)n1. The van der Waals surface area contributed by atoms with Crippen LogP contribution in [0.25, 0.3) is 0 Å². The van der Waals surface area contributed by atoms with Crippen molar-refractivity contribution in [1.29, 1.82) is 0 Å². The molecule has 120 valence electrons. The summed E-state index contributed by atoms with van der Waals surface area (Å²) in [4.78, 5) is 22.1. The van der Waals surface area contributed by atoms with Crippen molar-refractivity contribution in [2.24, 2.45) is 0 Å². The minimum absolute atomic E-state index is 0.103. The first-order chi connectivity index (χ1) is 11.2. The minimum Gasteiger partial charge on any atom is -0.477 e. The van der Waals surface area contributed by atoms with Gasteiger partial charge in [0.25, 0.3) is 0 Å². The van der Waals surface area contributed by atoms with Crippen molar-refractivity contribution in [3.8, 4) is 0 Å². The molecule has 1 aliphatic heterocycles. The molecule has 2 aromatic heterocycles. The van der Waals surface area contributed by atoms with E-state index < -0.39 is 5.97 Å². The molecule has 1 unspecified atom stereocenters. The number of rotatable bonds is 3. The molecule has 6 nitrogen and oxygen atoms in total. The molecule has 0 radical (unpaired) electrons.